The molecular formula is C29H36F3N3O4. The standard InChI is InChI=1S/C29H36F3N3O4/c1-4-35(2)24-13-14-25(20(17-24)12-11-19-7-5-9-22(15-19)28(38)39-3)34-26(36)18-33-27(37)21-8-6-10-23(16-21)29(30,31)32/h5-10,15-16,20,24-25H,4,11-14,17-18H2,1-3H3,(H,33,37)(H,34,36)/t20-,24-,25+/m1/s1. The SMILES string of the molecule is CCN(C)[C@@H]1CC[C@H](NC(=O)CNC(=O)c2cccc(C(F)(F)F)c2)[C@H](CCc2cccc(C(=O)OC)c2)C1. The summed E-state index contributed by atoms with van der Waals surface area (Å²) in [6, 6.07) is 11.7. The van der Waals surface area contributed by atoms with E-state index in [1.165, 1.54) is 13.2 Å². The second-order valence-electron chi connectivity index (χ2n) is 9.97. The molecule has 0 bridgehead atoms. The summed E-state index contributed by atoms with van der Waals surface area (Å²) in [5, 5.41) is 5.47. The molecule has 2 aromatic rings. The van der Waals surface area contributed by atoms with E-state index in [0.29, 0.717) is 11.6 Å². The molecule has 7 nitrogen and oxygen atoms in total. The number of hydrogen-bond donors (Lipinski definition) is 2. The second kappa shape index (κ2) is 13.6. The van der Waals surface area contributed by atoms with E-state index in [4.69, 9.17) is 4.74 Å². The van der Waals surface area contributed by atoms with E-state index in [1.54, 1.807) is 6.07 Å². The Kier molecular flexibility index (Phi) is 10.5. The molecule has 3 rings (SSSR count). The molecule has 0 unspecified atom stereocenters. The smallest absolute Gasteiger partial charge is 0.416 e. The van der Waals surface area contributed by atoms with Gasteiger partial charge in [0.15, 0.2) is 0 Å². The van der Waals surface area contributed by atoms with Crippen LogP contribution in [0.4, 0.5) is 13.2 Å². The van der Waals surface area contributed by atoms with E-state index in [-0.39, 0.29) is 30.0 Å². The highest BCUT2D eigenvalue weighted by molar-refractivity contribution is 5.96. The van der Waals surface area contributed by atoms with Crippen LogP contribution in [-0.4, -0.2) is 62.0 Å². The number of rotatable bonds is 10. The van der Waals surface area contributed by atoms with Crippen molar-refractivity contribution in [1.82, 2.24) is 15.5 Å². The van der Waals surface area contributed by atoms with E-state index < -0.39 is 23.6 Å². The summed E-state index contributed by atoms with van der Waals surface area (Å²) in [4.78, 5) is 39.4. The second-order valence-corrected chi connectivity index (χ2v) is 9.97. The Bertz CT molecular complexity index is 1150. The van der Waals surface area contributed by atoms with Crippen LogP contribution in [0.15, 0.2) is 48.5 Å². The van der Waals surface area contributed by atoms with Crippen LogP contribution in [0.2, 0.25) is 0 Å². The van der Waals surface area contributed by atoms with Crippen LogP contribution in [0.3, 0.4) is 0 Å². The molecule has 1 fully saturated rings. The lowest BCUT2D eigenvalue weighted by Crippen LogP contribution is -2.50. The Balaban J connectivity index is 1.62. The number of aryl methyl sites for hydroxylation is 1. The predicted molar refractivity (Wildman–Crippen MR) is 141 cm³/mol. The molecule has 2 N–H and O–H groups in total. The van der Waals surface area contributed by atoms with Crippen LogP contribution in [0.1, 0.15) is 64.4 Å². The Morgan fingerprint density at radius 2 is 1.77 bits per heavy atom. The van der Waals surface area contributed by atoms with Crippen molar-refractivity contribution in [3.63, 3.8) is 0 Å². The maximum atomic E-state index is 13.0. The molecule has 0 aromatic heterocycles. The fraction of sp³-hybridized carbons (Fsp3) is 0.483. The van der Waals surface area contributed by atoms with Crippen molar-refractivity contribution < 1.29 is 32.3 Å². The Morgan fingerprint density at radius 1 is 1.05 bits per heavy atom. The van der Waals surface area contributed by atoms with Gasteiger partial charge >= 0.3 is 12.1 Å². The van der Waals surface area contributed by atoms with Gasteiger partial charge in [0.2, 0.25) is 5.91 Å². The molecule has 212 valence electrons. The van der Waals surface area contributed by atoms with Gasteiger partial charge in [-0.15, -0.1) is 0 Å². The van der Waals surface area contributed by atoms with Gasteiger partial charge < -0.3 is 20.3 Å². The fourth-order valence-electron chi connectivity index (χ4n) is 5.09. The number of alkyl halides is 3. The van der Waals surface area contributed by atoms with Gasteiger partial charge in [-0.1, -0.05) is 25.1 Å². The number of nitrogens with zero attached hydrogens (tertiary/aromatic N) is 1. The molecule has 1 aliphatic carbocycles. The minimum Gasteiger partial charge on any atom is -0.465 e. The normalized spacial score (nSPS) is 19.4. The molecule has 2 amide bonds. The van der Waals surface area contributed by atoms with Gasteiger partial charge in [-0.25, -0.2) is 4.79 Å². The van der Waals surface area contributed by atoms with Gasteiger partial charge in [0.25, 0.3) is 5.91 Å². The minimum atomic E-state index is -4.56. The molecule has 2 aromatic carbocycles. The average molecular weight is 548 g/mol. The van der Waals surface area contributed by atoms with Gasteiger partial charge in [-0.2, -0.15) is 13.2 Å². The highest BCUT2D eigenvalue weighted by atomic mass is 19.4. The third-order valence-corrected chi connectivity index (χ3v) is 7.44. The summed E-state index contributed by atoms with van der Waals surface area (Å²) < 4.78 is 43.7. The summed E-state index contributed by atoms with van der Waals surface area (Å²) >= 11 is 0. The fourth-order valence-corrected chi connectivity index (χ4v) is 5.09. The molecule has 0 radical (unpaired) electrons. The van der Waals surface area contributed by atoms with Gasteiger partial charge in [0, 0.05) is 17.6 Å². The van der Waals surface area contributed by atoms with Crippen LogP contribution < -0.4 is 10.6 Å². The molecule has 3 atom stereocenters. The minimum absolute atomic E-state index is 0.103. The lowest BCUT2D eigenvalue weighted by molar-refractivity contribution is -0.137. The topological polar surface area (TPSA) is 87.7 Å². The number of ether oxygens (including phenoxy) is 1. The number of methoxy groups -OCH3 is 1. The van der Waals surface area contributed by atoms with Gasteiger partial charge in [0.1, 0.15) is 0 Å². The van der Waals surface area contributed by atoms with Crippen molar-refractivity contribution >= 4 is 17.8 Å². The Morgan fingerprint density at radius 3 is 2.46 bits per heavy atom. The molecule has 39 heavy (non-hydrogen) atoms. The average Bonchev–Trinajstić information content (AvgIpc) is 2.94. The third kappa shape index (κ3) is 8.54. The summed E-state index contributed by atoms with van der Waals surface area (Å²) in [7, 11) is 3.43. The summed E-state index contributed by atoms with van der Waals surface area (Å²) in [6.45, 7) is 2.68. The van der Waals surface area contributed by atoms with Crippen LogP contribution in [0.5, 0.6) is 0 Å². The van der Waals surface area contributed by atoms with E-state index >= 15 is 0 Å². The molecule has 1 aliphatic rings. The van der Waals surface area contributed by atoms with Crippen LogP contribution in [-0.2, 0) is 22.1 Å². The van der Waals surface area contributed by atoms with Crippen LogP contribution in [0, 0.1) is 5.92 Å². The first kappa shape index (κ1) is 30.1. The maximum Gasteiger partial charge on any atom is 0.416 e. The zero-order valence-electron chi connectivity index (χ0n) is 22.5. The van der Waals surface area contributed by atoms with Crippen LogP contribution >= 0.6 is 0 Å². The molecular weight excluding hydrogens is 511 g/mol. The summed E-state index contributed by atoms with van der Waals surface area (Å²) in [5.41, 5.74) is 0.409. The number of amides is 2. The Hall–Kier alpha value is -3.40. The van der Waals surface area contributed by atoms with Crippen molar-refractivity contribution in [3.05, 3.63) is 70.8 Å². The molecule has 1 saturated carbocycles. The first-order valence-corrected chi connectivity index (χ1v) is 13.1. The highest BCUT2D eigenvalue weighted by Crippen LogP contribution is 2.32. The molecule has 0 saturated heterocycles. The number of carbonyl (C=O) groups is 3. The zero-order chi connectivity index (χ0) is 28.6. The molecule has 0 heterocycles. The van der Waals surface area contributed by atoms with Crippen molar-refractivity contribution in [2.45, 2.75) is 57.3 Å². The molecule has 0 spiro atoms. The molecule has 0 aliphatic heterocycles. The summed E-state index contributed by atoms with van der Waals surface area (Å²) in [5.74, 6) is -1.36. The quantitative estimate of drug-likeness (QED) is 0.429. The number of halogens is 3. The number of hydrogen-bond acceptors (Lipinski definition) is 5. The lowest BCUT2D eigenvalue weighted by atomic mass is 9.78. The monoisotopic (exact) mass is 547 g/mol. The predicted octanol–water partition coefficient (Wildman–Crippen LogP) is 4.46. The highest BCUT2D eigenvalue weighted by Gasteiger charge is 2.33. The van der Waals surface area contributed by atoms with Crippen molar-refractivity contribution in [2.75, 3.05) is 27.2 Å². The largest absolute Gasteiger partial charge is 0.465 e. The number of esters is 1. The van der Waals surface area contributed by atoms with Gasteiger partial charge in [-0.05, 0) is 87.5 Å². The number of nitrogens with one attached hydrogen (secondary N) is 2. The third-order valence-electron chi connectivity index (χ3n) is 7.44. The van der Waals surface area contributed by atoms with Crippen LogP contribution in [0.25, 0.3) is 0 Å². The molecule has 10 heteroatoms. The van der Waals surface area contributed by atoms with E-state index in [1.807, 2.05) is 18.2 Å². The first-order valence-electron chi connectivity index (χ1n) is 13.1. The van der Waals surface area contributed by atoms with E-state index in [9.17, 15) is 27.6 Å². The van der Waals surface area contributed by atoms with Gasteiger partial charge in [-0.3, -0.25) is 9.59 Å². The number of benzene rings is 2. The Labute approximate surface area is 227 Å². The summed E-state index contributed by atoms with van der Waals surface area (Å²) in [6.07, 6.45) is -0.469. The first-order chi connectivity index (χ1) is 18.5. The van der Waals surface area contributed by atoms with Gasteiger partial charge in [0.05, 0.1) is 24.8 Å². The van der Waals surface area contributed by atoms with E-state index in [0.717, 1.165) is 62.4 Å². The van der Waals surface area contributed by atoms with Crippen molar-refractivity contribution in [1.29, 1.82) is 0 Å². The zero-order valence-corrected chi connectivity index (χ0v) is 22.5. The van der Waals surface area contributed by atoms with Crippen molar-refractivity contribution in [3.8, 4) is 0 Å². The lowest BCUT2D eigenvalue weighted by Gasteiger charge is -2.40. The van der Waals surface area contributed by atoms with Crippen molar-refractivity contribution in [2.24, 2.45) is 5.92 Å². The maximum absolute atomic E-state index is 13.0. The number of carbonyl (C=O) groups excluding carboxylic acids is 3. The van der Waals surface area contributed by atoms with E-state index in [2.05, 4.69) is 29.5 Å².